The molecule has 0 aliphatic rings. The maximum atomic E-state index is 12.2. The number of ketones is 1. The molecule has 0 spiro atoms. The SMILES string of the molecule is CCCCOc1ccc(C(=O)CC[NH2+][C@H](CCSC)C(=O)[O-])cc1. The highest BCUT2D eigenvalue weighted by atomic mass is 32.2. The predicted octanol–water partition coefficient (Wildman–Crippen LogP) is 0.873. The molecule has 0 aliphatic heterocycles. The number of carbonyl (C=O) groups is 2. The Labute approximate surface area is 148 Å². The number of quaternary nitrogens is 1. The number of hydrogen-bond acceptors (Lipinski definition) is 5. The van der Waals surface area contributed by atoms with E-state index in [-0.39, 0.29) is 5.78 Å². The third-order valence-electron chi connectivity index (χ3n) is 3.70. The molecular formula is C18H27NO4S. The van der Waals surface area contributed by atoms with E-state index in [0.29, 0.717) is 31.6 Å². The zero-order chi connectivity index (χ0) is 17.8. The number of nitrogens with two attached hydrogens (primary N) is 1. The Balaban J connectivity index is 2.40. The van der Waals surface area contributed by atoms with Crippen LogP contribution < -0.4 is 15.2 Å². The first-order chi connectivity index (χ1) is 11.6. The molecule has 1 rings (SSSR count). The first-order valence-electron chi connectivity index (χ1n) is 8.37. The molecule has 0 radical (unpaired) electrons. The van der Waals surface area contributed by atoms with Crippen molar-refractivity contribution in [2.45, 2.75) is 38.6 Å². The summed E-state index contributed by atoms with van der Waals surface area (Å²) in [5.41, 5.74) is 0.625. The Morgan fingerprint density at radius 2 is 2.00 bits per heavy atom. The molecule has 0 bridgehead atoms. The fourth-order valence-corrected chi connectivity index (χ4v) is 2.70. The lowest BCUT2D eigenvalue weighted by Crippen LogP contribution is -2.93. The first-order valence-corrected chi connectivity index (χ1v) is 9.77. The van der Waals surface area contributed by atoms with Crippen LogP contribution in [-0.2, 0) is 4.79 Å². The van der Waals surface area contributed by atoms with Gasteiger partial charge < -0.3 is 20.0 Å². The molecular weight excluding hydrogens is 326 g/mol. The molecule has 0 saturated carbocycles. The predicted molar refractivity (Wildman–Crippen MR) is 94.4 cm³/mol. The number of carbonyl (C=O) groups excluding carboxylic acids is 2. The molecule has 0 saturated heterocycles. The second-order valence-electron chi connectivity index (χ2n) is 5.63. The topological polar surface area (TPSA) is 83.0 Å². The van der Waals surface area contributed by atoms with Gasteiger partial charge in [0.05, 0.1) is 25.5 Å². The number of unbranched alkanes of at least 4 members (excludes halogenated alkanes) is 1. The summed E-state index contributed by atoms with van der Waals surface area (Å²) in [6.45, 7) is 3.23. The highest BCUT2D eigenvalue weighted by Crippen LogP contribution is 2.13. The summed E-state index contributed by atoms with van der Waals surface area (Å²) in [6, 6.07) is 6.53. The maximum absolute atomic E-state index is 12.2. The third-order valence-corrected chi connectivity index (χ3v) is 4.35. The Hall–Kier alpha value is -1.53. The van der Waals surface area contributed by atoms with Crippen LogP contribution in [0.5, 0.6) is 5.75 Å². The van der Waals surface area contributed by atoms with E-state index >= 15 is 0 Å². The van der Waals surface area contributed by atoms with Crippen LogP contribution in [0.15, 0.2) is 24.3 Å². The second-order valence-corrected chi connectivity index (χ2v) is 6.62. The summed E-state index contributed by atoms with van der Waals surface area (Å²) < 4.78 is 5.57. The van der Waals surface area contributed by atoms with E-state index in [4.69, 9.17) is 4.74 Å². The molecule has 0 unspecified atom stereocenters. The van der Waals surface area contributed by atoms with E-state index in [1.54, 1.807) is 41.3 Å². The van der Waals surface area contributed by atoms with Crippen LogP contribution in [0, 0.1) is 0 Å². The molecule has 0 fully saturated rings. The van der Waals surface area contributed by atoms with Crippen molar-refractivity contribution in [2.75, 3.05) is 25.2 Å². The summed E-state index contributed by atoms with van der Waals surface area (Å²) in [6.07, 6.45) is 4.87. The number of hydrogen-bond donors (Lipinski definition) is 1. The number of Topliss-reactive ketones (excluding diaryl/α,β-unsaturated/α-hetero) is 1. The van der Waals surface area contributed by atoms with Gasteiger partial charge in [-0.3, -0.25) is 4.79 Å². The van der Waals surface area contributed by atoms with E-state index in [9.17, 15) is 14.7 Å². The molecule has 24 heavy (non-hydrogen) atoms. The fraction of sp³-hybridized carbons (Fsp3) is 0.556. The zero-order valence-corrected chi connectivity index (χ0v) is 15.3. The average molecular weight is 353 g/mol. The highest BCUT2D eigenvalue weighted by Gasteiger charge is 2.14. The van der Waals surface area contributed by atoms with Crippen LogP contribution in [0.1, 0.15) is 43.0 Å². The van der Waals surface area contributed by atoms with Crippen LogP contribution >= 0.6 is 11.8 Å². The lowest BCUT2D eigenvalue weighted by molar-refractivity contribution is -0.682. The summed E-state index contributed by atoms with van der Waals surface area (Å²) in [5, 5.41) is 12.7. The van der Waals surface area contributed by atoms with E-state index in [1.807, 2.05) is 6.26 Å². The number of rotatable bonds is 13. The molecule has 0 heterocycles. The van der Waals surface area contributed by atoms with Crippen LogP contribution in [0.4, 0.5) is 0 Å². The van der Waals surface area contributed by atoms with Gasteiger partial charge in [0.25, 0.3) is 0 Å². The number of ether oxygens (including phenoxy) is 1. The molecule has 2 N–H and O–H groups in total. The van der Waals surface area contributed by atoms with Crippen molar-refractivity contribution in [2.24, 2.45) is 0 Å². The fourth-order valence-electron chi connectivity index (χ4n) is 2.21. The Kier molecular flexibility index (Phi) is 10.2. The molecule has 1 aromatic rings. The summed E-state index contributed by atoms with van der Waals surface area (Å²) >= 11 is 1.60. The van der Waals surface area contributed by atoms with E-state index in [2.05, 4.69) is 6.92 Å². The van der Waals surface area contributed by atoms with E-state index < -0.39 is 12.0 Å². The second kappa shape index (κ2) is 11.9. The minimum atomic E-state index is -1.06. The van der Waals surface area contributed by atoms with Crippen molar-refractivity contribution in [3.63, 3.8) is 0 Å². The largest absolute Gasteiger partial charge is 0.544 e. The average Bonchev–Trinajstić information content (AvgIpc) is 2.58. The van der Waals surface area contributed by atoms with Gasteiger partial charge in [0, 0.05) is 12.0 Å². The van der Waals surface area contributed by atoms with Gasteiger partial charge in [0.2, 0.25) is 0 Å². The number of benzene rings is 1. The van der Waals surface area contributed by atoms with Crippen molar-refractivity contribution in [1.29, 1.82) is 0 Å². The number of thioether (sulfide) groups is 1. The van der Waals surface area contributed by atoms with Crippen molar-refractivity contribution in [1.82, 2.24) is 0 Å². The first kappa shape index (κ1) is 20.5. The summed E-state index contributed by atoms with van der Waals surface area (Å²) in [7, 11) is 0. The van der Waals surface area contributed by atoms with Crippen molar-refractivity contribution >= 4 is 23.5 Å². The molecule has 5 nitrogen and oxygen atoms in total. The van der Waals surface area contributed by atoms with Crippen LogP contribution in [0.2, 0.25) is 0 Å². The van der Waals surface area contributed by atoms with Gasteiger partial charge in [-0.05, 0) is 42.7 Å². The quantitative estimate of drug-likeness (QED) is 0.420. The van der Waals surface area contributed by atoms with Crippen molar-refractivity contribution < 1.29 is 24.7 Å². The van der Waals surface area contributed by atoms with Gasteiger partial charge in [0.1, 0.15) is 11.8 Å². The van der Waals surface area contributed by atoms with Gasteiger partial charge in [-0.15, -0.1) is 0 Å². The number of aliphatic carboxylic acids is 1. The lowest BCUT2D eigenvalue weighted by atomic mass is 10.1. The number of carboxylic acid groups (broad SMARTS) is 1. The molecule has 1 aromatic carbocycles. The van der Waals surface area contributed by atoms with Gasteiger partial charge >= 0.3 is 0 Å². The third kappa shape index (κ3) is 7.84. The van der Waals surface area contributed by atoms with Crippen LogP contribution in [-0.4, -0.2) is 43.0 Å². The van der Waals surface area contributed by atoms with E-state index in [1.165, 1.54) is 0 Å². The molecule has 0 amide bonds. The summed E-state index contributed by atoms with van der Waals surface area (Å²) in [4.78, 5) is 23.2. The molecule has 1 atom stereocenters. The molecule has 134 valence electrons. The van der Waals surface area contributed by atoms with Gasteiger partial charge in [-0.1, -0.05) is 13.3 Å². The van der Waals surface area contributed by atoms with Crippen molar-refractivity contribution in [3.8, 4) is 5.75 Å². The standard InChI is InChI=1S/C18H27NO4S/c1-3-4-12-23-15-7-5-14(6-8-15)17(20)9-11-19-16(18(21)22)10-13-24-2/h5-8,16,19H,3-4,9-13H2,1-2H3,(H,21,22)/t16-/m1/s1. The van der Waals surface area contributed by atoms with E-state index in [0.717, 1.165) is 24.3 Å². The highest BCUT2D eigenvalue weighted by molar-refractivity contribution is 7.98. The lowest BCUT2D eigenvalue weighted by Gasteiger charge is -2.15. The molecule has 0 aromatic heterocycles. The monoisotopic (exact) mass is 353 g/mol. The summed E-state index contributed by atoms with van der Waals surface area (Å²) in [5.74, 6) is 0.474. The normalized spacial score (nSPS) is 11.9. The van der Waals surface area contributed by atoms with Crippen LogP contribution in [0.25, 0.3) is 0 Å². The number of carboxylic acids is 1. The minimum Gasteiger partial charge on any atom is -0.544 e. The molecule has 6 heteroatoms. The van der Waals surface area contributed by atoms with Crippen LogP contribution in [0.3, 0.4) is 0 Å². The van der Waals surface area contributed by atoms with Crippen molar-refractivity contribution in [3.05, 3.63) is 29.8 Å². The maximum Gasteiger partial charge on any atom is 0.168 e. The minimum absolute atomic E-state index is 0.00771. The van der Waals surface area contributed by atoms with Gasteiger partial charge in [-0.25, -0.2) is 0 Å². The zero-order valence-electron chi connectivity index (χ0n) is 14.5. The smallest absolute Gasteiger partial charge is 0.168 e. The Bertz CT molecular complexity index is 504. The molecule has 0 aliphatic carbocycles. The Morgan fingerprint density at radius 3 is 2.58 bits per heavy atom. The van der Waals surface area contributed by atoms with Gasteiger partial charge in [-0.2, -0.15) is 11.8 Å². The van der Waals surface area contributed by atoms with Gasteiger partial charge in [0.15, 0.2) is 5.78 Å². The Morgan fingerprint density at radius 1 is 1.29 bits per heavy atom.